The predicted molar refractivity (Wildman–Crippen MR) is 37.8 cm³/mol. The summed E-state index contributed by atoms with van der Waals surface area (Å²) in [6, 6.07) is 0. The van der Waals surface area contributed by atoms with Crippen LogP contribution in [0, 0.1) is 0 Å². The molecule has 1 saturated heterocycles. The van der Waals surface area contributed by atoms with E-state index in [1.807, 2.05) is 0 Å². The number of methoxy groups -OCH3 is 1. The molecular formula is C7H14FNO. The summed E-state index contributed by atoms with van der Waals surface area (Å²) < 4.78 is 17.9. The number of ether oxygens (including phenoxy) is 1. The van der Waals surface area contributed by atoms with Crippen LogP contribution in [-0.4, -0.2) is 32.5 Å². The molecule has 0 spiro atoms. The highest BCUT2D eigenvalue weighted by Crippen LogP contribution is 2.11. The van der Waals surface area contributed by atoms with Crippen LogP contribution in [0.2, 0.25) is 0 Å². The van der Waals surface area contributed by atoms with E-state index in [-0.39, 0.29) is 6.10 Å². The molecule has 0 saturated carbocycles. The van der Waals surface area contributed by atoms with Gasteiger partial charge in [-0.2, -0.15) is 0 Å². The smallest absolute Gasteiger partial charge is 0.127 e. The minimum Gasteiger partial charge on any atom is -0.377 e. The first kappa shape index (κ1) is 7.95. The van der Waals surface area contributed by atoms with Crippen molar-refractivity contribution in [2.45, 2.75) is 25.1 Å². The third-order valence-electron chi connectivity index (χ3n) is 1.89. The van der Waals surface area contributed by atoms with Gasteiger partial charge in [0.15, 0.2) is 0 Å². The average molecular weight is 147 g/mol. The molecule has 60 valence electrons. The van der Waals surface area contributed by atoms with Crippen LogP contribution < -0.4 is 5.32 Å². The first-order valence-electron chi connectivity index (χ1n) is 3.72. The molecule has 0 amide bonds. The van der Waals surface area contributed by atoms with Gasteiger partial charge in [-0.25, -0.2) is 4.39 Å². The van der Waals surface area contributed by atoms with Crippen LogP contribution in [0.3, 0.4) is 0 Å². The van der Waals surface area contributed by atoms with Crippen LogP contribution in [0.4, 0.5) is 4.39 Å². The summed E-state index contributed by atoms with van der Waals surface area (Å²) in [5.41, 5.74) is 0. The average Bonchev–Trinajstić information content (AvgIpc) is 2.13. The quantitative estimate of drug-likeness (QED) is 0.590. The molecule has 1 fully saturated rings. The summed E-state index contributed by atoms with van der Waals surface area (Å²) in [7, 11) is 1.56. The molecular weight excluding hydrogens is 133 g/mol. The maximum absolute atomic E-state index is 12.9. The van der Waals surface area contributed by atoms with Crippen molar-refractivity contribution in [1.29, 1.82) is 0 Å². The number of alkyl halides is 1. The van der Waals surface area contributed by atoms with Crippen LogP contribution in [0.5, 0.6) is 0 Å². The van der Waals surface area contributed by atoms with Crippen LogP contribution in [0.1, 0.15) is 12.8 Å². The van der Waals surface area contributed by atoms with Gasteiger partial charge < -0.3 is 10.1 Å². The highest BCUT2D eigenvalue weighted by molar-refractivity contribution is 4.75. The summed E-state index contributed by atoms with van der Waals surface area (Å²) in [5, 5.41) is 3.11. The van der Waals surface area contributed by atoms with E-state index < -0.39 is 6.17 Å². The summed E-state index contributed by atoms with van der Waals surface area (Å²) in [6.07, 6.45) is 0.537. The Morgan fingerprint density at radius 2 is 2.40 bits per heavy atom. The minimum atomic E-state index is -0.778. The summed E-state index contributed by atoms with van der Waals surface area (Å²) in [6.45, 7) is 1.57. The van der Waals surface area contributed by atoms with Gasteiger partial charge in [-0.15, -0.1) is 0 Å². The Kier molecular flexibility index (Phi) is 3.09. The SMILES string of the molecule is COC1CNCCCC1F. The molecule has 1 rings (SSSR count). The molecule has 0 radical (unpaired) electrons. The van der Waals surface area contributed by atoms with E-state index in [0.717, 1.165) is 13.0 Å². The van der Waals surface area contributed by atoms with Crippen molar-refractivity contribution in [2.24, 2.45) is 0 Å². The molecule has 1 heterocycles. The Morgan fingerprint density at radius 1 is 1.60 bits per heavy atom. The third-order valence-corrected chi connectivity index (χ3v) is 1.89. The molecule has 0 aromatic heterocycles. The van der Waals surface area contributed by atoms with E-state index in [0.29, 0.717) is 13.0 Å². The first-order valence-corrected chi connectivity index (χ1v) is 3.72. The van der Waals surface area contributed by atoms with Gasteiger partial charge >= 0.3 is 0 Å². The zero-order valence-electron chi connectivity index (χ0n) is 6.27. The van der Waals surface area contributed by atoms with E-state index in [9.17, 15) is 4.39 Å². The van der Waals surface area contributed by atoms with Crippen molar-refractivity contribution in [3.05, 3.63) is 0 Å². The predicted octanol–water partition coefficient (Wildman–Crippen LogP) is 0.723. The largest absolute Gasteiger partial charge is 0.377 e. The second-order valence-electron chi connectivity index (χ2n) is 2.64. The minimum absolute atomic E-state index is 0.234. The topological polar surface area (TPSA) is 21.3 Å². The van der Waals surface area contributed by atoms with Gasteiger partial charge in [-0.1, -0.05) is 0 Å². The van der Waals surface area contributed by atoms with Gasteiger partial charge in [-0.05, 0) is 19.4 Å². The Hall–Kier alpha value is -0.150. The van der Waals surface area contributed by atoms with E-state index in [2.05, 4.69) is 5.32 Å². The number of rotatable bonds is 1. The highest BCUT2D eigenvalue weighted by atomic mass is 19.1. The van der Waals surface area contributed by atoms with Crippen molar-refractivity contribution < 1.29 is 9.13 Å². The van der Waals surface area contributed by atoms with E-state index in [4.69, 9.17) is 4.74 Å². The molecule has 3 heteroatoms. The molecule has 2 atom stereocenters. The molecule has 0 aromatic carbocycles. The lowest BCUT2D eigenvalue weighted by atomic mass is 10.1. The van der Waals surface area contributed by atoms with Crippen molar-refractivity contribution in [2.75, 3.05) is 20.2 Å². The lowest BCUT2D eigenvalue weighted by molar-refractivity contribution is 0.0362. The monoisotopic (exact) mass is 147 g/mol. The molecule has 0 bridgehead atoms. The molecule has 1 aliphatic heterocycles. The zero-order valence-corrected chi connectivity index (χ0v) is 6.27. The number of nitrogens with one attached hydrogen (secondary N) is 1. The molecule has 10 heavy (non-hydrogen) atoms. The Balaban J connectivity index is 2.35. The van der Waals surface area contributed by atoms with Gasteiger partial charge in [0.05, 0.1) is 0 Å². The zero-order chi connectivity index (χ0) is 7.40. The second kappa shape index (κ2) is 3.88. The van der Waals surface area contributed by atoms with Crippen LogP contribution in [0.25, 0.3) is 0 Å². The fourth-order valence-corrected chi connectivity index (χ4v) is 1.21. The van der Waals surface area contributed by atoms with E-state index in [1.54, 1.807) is 7.11 Å². The maximum atomic E-state index is 12.9. The Labute approximate surface area is 60.8 Å². The van der Waals surface area contributed by atoms with Gasteiger partial charge in [0.1, 0.15) is 12.3 Å². The Bertz CT molecular complexity index is 99.6. The highest BCUT2D eigenvalue weighted by Gasteiger charge is 2.21. The summed E-state index contributed by atoms with van der Waals surface area (Å²) in [4.78, 5) is 0. The second-order valence-corrected chi connectivity index (χ2v) is 2.64. The van der Waals surface area contributed by atoms with Gasteiger partial charge in [0.2, 0.25) is 0 Å². The van der Waals surface area contributed by atoms with Crippen LogP contribution >= 0.6 is 0 Å². The summed E-state index contributed by atoms with van der Waals surface area (Å²) >= 11 is 0. The fraction of sp³-hybridized carbons (Fsp3) is 1.00. The molecule has 2 nitrogen and oxygen atoms in total. The number of halogens is 1. The standard InChI is InChI=1S/C7H14FNO/c1-10-7-5-9-4-2-3-6(7)8/h6-7,9H,2-5H2,1H3. The van der Waals surface area contributed by atoms with Gasteiger partial charge in [-0.3, -0.25) is 0 Å². The Morgan fingerprint density at radius 3 is 3.10 bits per heavy atom. The maximum Gasteiger partial charge on any atom is 0.127 e. The molecule has 2 unspecified atom stereocenters. The third kappa shape index (κ3) is 1.92. The lowest BCUT2D eigenvalue weighted by Crippen LogP contribution is -2.32. The van der Waals surface area contributed by atoms with Crippen molar-refractivity contribution in [3.8, 4) is 0 Å². The number of hydrogen-bond acceptors (Lipinski definition) is 2. The molecule has 0 aromatic rings. The fourth-order valence-electron chi connectivity index (χ4n) is 1.21. The van der Waals surface area contributed by atoms with E-state index >= 15 is 0 Å². The summed E-state index contributed by atoms with van der Waals surface area (Å²) in [5.74, 6) is 0. The van der Waals surface area contributed by atoms with Gasteiger partial charge in [0.25, 0.3) is 0 Å². The first-order chi connectivity index (χ1) is 4.84. The lowest BCUT2D eigenvalue weighted by Gasteiger charge is -2.15. The van der Waals surface area contributed by atoms with Crippen molar-refractivity contribution in [3.63, 3.8) is 0 Å². The number of hydrogen-bond donors (Lipinski definition) is 1. The molecule has 0 aliphatic carbocycles. The van der Waals surface area contributed by atoms with Crippen molar-refractivity contribution >= 4 is 0 Å². The van der Waals surface area contributed by atoms with E-state index in [1.165, 1.54) is 0 Å². The van der Waals surface area contributed by atoms with Crippen molar-refractivity contribution in [1.82, 2.24) is 5.32 Å². The molecule has 1 N–H and O–H groups in total. The van der Waals surface area contributed by atoms with Crippen LogP contribution in [0.15, 0.2) is 0 Å². The van der Waals surface area contributed by atoms with Crippen LogP contribution in [-0.2, 0) is 4.74 Å². The normalized spacial score (nSPS) is 35.4. The molecule has 1 aliphatic rings. The van der Waals surface area contributed by atoms with Gasteiger partial charge in [0, 0.05) is 13.7 Å².